The zero-order valence-electron chi connectivity index (χ0n) is 21.1. The van der Waals surface area contributed by atoms with E-state index in [1.807, 2.05) is 0 Å². The van der Waals surface area contributed by atoms with Crippen LogP contribution in [0.4, 0.5) is 0 Å². The number of amides is 5. The first-order chi connectivity index (χ1) is 17.2. The fourth-order valence-electron chi connectivity index (χ4n) is 3.10. The molecular weight excluding hydrogens is 490 g/mol. The summed E-state index contributed by atoms with van der Waals surface area (Å²) in [5, 5.41) is 16.3. The molecule has 0 rings (SSSR count). The zero-order valence-corrected chi connectivity index (χ0v) is 21.1. The quantitative estimate of drug-likeness (QED) is 0.0472. The number of carboxylic acid groups (broad SMARTS) is 1. The molecule has 0 radical (unpaired) electrons. The average molecular weight is 530 g/mol. The predicted octanol–water partition coefficient (Wildman–Crippen LogP) is -3.91. The van der Waals surface area contributed by atoms with Crippen molar-refractivity contribution in [3.05, 3.63) is 0 Å². The van der Waals surface area contributed by atoms with Crippen LogP contribution in [-0.2, 0) is 28.8 Å². The van der Waals surface area contributed by atoms with Gasteiger partial charge in [0.2, 0.25) is 29.5 Å². The number of aliphatic carboxylic acids is 1. The Morgan fingerprint density at radius 3 is 1.92 bits per heavy atom. The van der Waals surface area contributed by atoms with Crippen molar-refractivity contribution in [3.8, 4) is 0 Å². The van der Waals surface area contributed by atoms with E-state index in [0.29, 0.717) is 12.8 Å². The van der Waals surface area contributed by atoms with Gasteiger partial charge in [0, 0.05) is 13.0 Å². The number of hydrogen-bond acceptors (Lipinski definition) is 8. The Morgan fingerprint density at radius 1 is 0.838 bits per heavy atom. The van der Waals surface area contributed by atoms with Crippen molar-refractivity contribution in [1.82, 2.24) is 16.0 Å². The van der Waals surface area contributed by atoms with Crippen LogP contribution in [0.15, 0.2) is 4.99 Å². The number of carbonyl (C=O) groups excluding carboxylic acids is 5. The van der Waals surface area contributed by atoms with Crippen LogP contribution in [0, 0.1) is 5.92 Å². The first-order valence-electron chi connectivity index (χ1n) is 11.7. The number of aliphatic imine (C=N–C) groups is 1. The van der Waals surface area contributed by atoms with Crippen molar-refractivity contribution in [2.45, 2.75) is 76.5 Å². The van der Waals surface area contributed by atoms with Gasteiger partial charge in [-0.2, -0.15) is 0 Å². The van der Waals surface area contributed by atoms with Gasteiger partial charge in [-0.3, -0.25) is 29.0 Å². The molecule has 0 aliphatic carbocycles. The van der Waals surface area contributed by atoms with Gasteiger partial charge < -0.3 is 49.7 Å². The number of hydrogen-bond donors (Lipinski definition) is 9. The van der Waals surface area contributed by atoms with Gasteiger partial charge in [0.15, 0.2) is 5.96 Å². The molecule has 0 spiro atoms. The maximum atomic E-state index is 13.1. The van der Waals surface area contributed by atoms with Gasteiger partial charge in [-0.1, -0.05) is 20.3 Å². The Hall–Kier alpha value is -3.95. The molecule has 0 aromatic carbocycles. The third kappa shape index (κ3) is 13.6. The van der Waals surface area contributed by atoms with E-state index in [1.54, 1.807) is 13.8 Å². The monoisotopic (exact) mass is 529 g/mol. The minimum absolute atomic E-state index is 0.0919. The summed E-state index contributed by atoms with van der Waals surface area (Å²) in [4.78, 5) is 76.0. The Morgan fingerprint density at radius 2 is 1.43 bits per heavy atom. The normalized spacial score (nSPS) is 14.7. The lowest BCUT2D eigenvalue weighted by Crippen LogP contribution is -2.58. The van der Waals surface area contributed by atoms with Crippen LogP contribution >= 0.6 is 0 Å². The molecule has 37 heavy (non-hydrogen) atoms. The number of nitrogens with zero attached hydrogens (tertiary/aromatic N) is 1. The molecule has 0 saturated carbocycles. The SMILES string of the molecule is CCC(C)C(NC(=O)C(N)CCCN=C(N)N)C(=O)NC(CCC(N)=O)C(=O)NC(CC(N)=O)C(=O)O. The molecule has 5 unspecified atom stereocenters. The highest BCUT2D eigenvalue weighted by Crippen LogP contribution is 2.11. The van der Waals surface area contributed by atoms with Gasteiger partial charge >= 0.3 is 5.97 Å². The van der Waals surface area contributed by atoms with Crippen LogP contribution < -0.4 is 44.6 Å². The highest BCUT2D eigenvalue weighted by molar-refractivity contribution is 5.95. The summed E-state index contributed by atoms with van der Waals surface area (Å²) in [7, 11) is 0. The van der Waals surface area contributed by atoms with Gasteiger partial charge in [0.1, 0.15) is 18.1 Å². The molecule has 0 saturated heterocycles. The molecule has 210 valence electrons. The summed E-state index contributed by atoms with van der Waals surface area (Å²) in [6.07, 6.45) is -0.149. The van der Waals surface area contributed by atoms with Crippen molar-refractivity contribution in [2.75, 3.05) is 6.54 Å². The predicted molar refractivity (Wildman–Crippen MR) is 133 cm³/mol. The molecule has 0 heterocycles. The van der Waals surface area contributed by atoms with Crippen molar-refractivity contribution in [2.24, 2.45) is 39.6 Å². The number of nitrogens with two attached hydrogens (primary N) is 5. The molecular formula is C21H39N9O7. The minimum atomic E-state index is -1.65. The van der Waals surface area contributed by atoms with E-state index in [1.165, 1.54) is 0 Å². The summed E-state index contributed by atoms with van der Waals surface area (Å²) < 4.78 is 0. The van der Waals surface area contributed by atoms with Gasteiger partial charge in [0.05, 0.1) is 12.5 Å². The summed E-state index contributed by atoms with van der Waals surface area (Å²) in [6, 6.07) is -5.12. The topological polar surface area (TPSA) is 301 Å². The van der Waals surface area contributed by atoms with E-state index < -0.39 is 66.1 Å². The highest BCUT2D eigenvalue weighted by Gasteiger charge is 2.32. The molecule has 14 N–H and O–H groups in total. The molecule has 0 aromatic heterocycles. The van der Waals surface area contributed by atoms with E-state index in [2.05, 4.69) is 20.9 Å². The smallest absolute Gasteiger partial charge is 0.326 e. The Kier molecular flexibility index (Phi) is 14.9. The van der Waals surface area contributed by atoms with Gasteiger partial charge in [-0.25, -0.2) is 4.79 Å². The van der Waals surface area contributed by atoms with Crippen molar-refractivity contribution in [3.63, 3.8) is 0 Å². The van der Waals surface area contributed by atoms with Crippen LogP contribution in [0.25, 0.3) is 0 Å². The van der Waals surface area contributed by atoms with Crippen LogP contribution in [0.3, 0.4) is 0 Å². The maximum Gasteiger partial charge on any atom is 0.326 e. The first-order valence-corrected chi connectivity index (χ1v) is 11.7. The summed E-state index contributed by atoms with van der Waals surface area (Å²) in [5.41, 5.74) is 26.6. The summed E-state index contributed by atoms with van der Waals surface area (Å²) >= 11 is 0. The number of rotatable bonds is 18. The van der Waals surface area contributed by atoms with E-state index in [4.69, 9.17) is 28.7 Å². The Balaban J connectivity index is 5.54. The molecule has 5 atom stereocenters. The molecule has 5 amide bonds. The molecule has 16 heteroatoms. The van der Waals surface area contributed by atoms with Crippen molar-refractivity contribution in [1.29, 1.82) is 0 Å². The number of primary amides is 2. The molecule has 0 aliphatic rings. The zero-order chi connectivity index (χ0) is 28.7. The lowest BCUT2D eigenvalue weighted by atomic mass is 9.96. The van der Waals surface area contributed by atoms with E-state index >= 15 is 0 Å². The maximum absolute atomic E-state index is 13.1. The Bertz CT molecular complexity index is 861. The van der Waals surface area contributed by atoms with Gasteiger partial charge in [-0.05, 0) is 25.2 Å². The average Bonchev–Trinajstić information content (AvgIpc) is 2.80. The summed E-state index contributed by atoms with van der Waals surface area (Å²) in [6.45, 7) is 3.74. The number of nitrogens with one attached hydrogen (secondary N) is 3. The number of carboxylic acids is 1. The van der Waals surface area contributed by atoms with Gasteiger partial charge in [0.25, 0.3) is 0 Å². The standard InChI is InChI=1S/C21H39N9O7/c1-3-10(2)16(30-17(33)11(22)5-4-8-27-21(25)26)19(35)28-12(6-7-14(23)31)18(34)29-13(20(36)37)9-15(24)32/h10-13,16H,3-9,22H2,1-2H3,(H2,23,31)(H2,24,32)(H,28,35)(H,29,34)(H,30,33)(H,36,37)(H4,25,26,27). The largest absolute Gasteiger partial charge is 0.480 e. The van der Waals surface area contributed by atoms with Crippen molar-refractivity contribution < 1.29 is 33.9 Å². The molecule has 0 bridgehead atoms. The third-order valence-corrected chi connectivity index (χ3v) is 5.43. The number of carbonyl (C=O) groups is 6. The second kappa shape index (κ2) is 16.7. The first kappa shape index (κ1) is 33.0. The molecule has 16 nitrogen and oxygen atoms in total. The molecule has 0 aliphatic heterocycles. The van der Waals surface area contributed by atoms with Gasteiger partial charge in [-0.15, -0.1) is 0 Å². The second-order valence-corrected chi connectivity index (χ2v) is 8.56. The third-order valence-electron chi connectivity index (χ3n) is 5.43. The number of guanidine groups is 1. The summed E-state index contributed by atoms with van der Waals surface area (Å²) in [5.74, 6) is -6.10. The molecule has 0 aromatic rings. The van der Waals surface area contributed by atoms with E-state index in [-0.39, 0.29) is 37.7 Å². The van der Waals surface area contributed by atoms with Crippen molar-refractivity contribution >= 4 is 41.5 Å². The highest BCUT2D eigenvalue weighted by atomic mass is 16.4. The van der Waals surface area contributed by atoms with E-state index in [9.17, 15) is 33.9 Å². The van der Waals surface area contributed by atoms with E-state index in [0.717, 1.165) is 0 Å². The second-order valence-electron chi connectivity index (χ2n) is 8.56. The van der Waals surface area contributed by atoms with Crippen LogP contribution in [0.1, 0.15) is 52.4 Å². The minimum Gasteiger partial charge on any atom is -0.480 e. The molecule has 0 fully saturated rings. The Labute approximate surface area is 214 Å². The fourth-order valence-corrected chi connectivity index (χ4v) is 3.10. The van der Waals surface area contributed by atoms with Crippen LogP contribution in [0.5, 0.6) is 0 Å². The van der Waals surface area contributed by atoms with Crippen LogP contribution in [0.2, 0.25) is 0 Å². The van der Waals surface area contributed by atoms with Crippen LogP contribution in [-0.4, -0.2) is 77.3 Å². The lowest BCUT2D eigenvalue weighted by Gasteiger charge is -2.28. The lowest BCUT2D eigenvalue weighted by molar-refractivity contribution is -0.144. The fraction of sp³-hybridized carbons (Fsp3) is 0.667.